The minimum absolute atomic E-state index is 0.0720. The molecule has 7 nitrogen and oxygen atoms in total. The number of hydrogen-bond acceptors (Lipinski definition) is 5. The lowest BCUT2D eigenvalue weighted by atomic mass is 10.4. The summed E-state index contributed by atoms with van der Waals surface area (Å²) in [7, 11) is 0. The third kappa shape index (κ3) is 6.00. The molecule has 11 heteroatoms. The van der Waals surface area contributed by atoms with E-state index in [1.807, 2.05) is 0 Å². The summed E-state index contributed by atoms with van der Waals surface area (Å²) in [5.41, 5.74) is 3.86. The van der Waals surface area contributed by atoms with Gasteiger partial charge in [0.15, 0.2) is 0 Å². The third-order valence-electron chi connectivity index (χ3n) is 2.12. The molecule has 0 aliphatic heterocycles. The topological polar surface area (TPSA) is 99.2 Å². The number of carbonyl (C=O) groups excluding carboxylic acids is 1. The summed E-state index contributed by atoms with van der Waals surface area (Å²) in [5.74, 6) is -0.635. The minimum atomic E-state index is -4.57. The van der Waals surface area contributed by atoms with E-state index in [0.717, 1.165) is 6.20 Å². The van der Waals surface area contributed by atoms with Crippen LogP contribution >= 0.6 is 11.6 Å². The highest BCUT2D eigenvalue weighted by atomic mass is 35.5. The lowest BCUT2D eigenvalue weighted by molar-refractivity contribution is -0.143. The summed E-state index contributed by atoms with van der Waals surface area (Å²) in [4.78, 5) is 22.0. The monoisotopic (exact) mass is 328 g/mol. The second-order valence-electron chi connectivity index (χ2n) is 3.90. The van der Waals surface area contributed by atoms with Gasteiger partial charge in [-0.25, -0.2) is 4.68 Å². The Balaban J connectivity index is 2.63. The van der Waals surface area contributed by atoms with E-state index < -0.39 is 29.2 Å². The van der Waals surface area contributed by atoms with Gasteiger partial charge in [0.25, 0.3) is 5.56 Å². The highest BCUT2D eigenvalue weighted by Gasteiger charge is 2.29. The summed E-state index contributed by atoms with van der Waals surface area (Å²) < 4.78 is 41.6. The Kier molecular flexibility index (Phi) is 5.97. The molecule has 0 unspecified atom stereocenters. The van der Waals surface area contributed by atoms with Crippen LogP contribution in [0, 0.1) is 0 Å². The van der Waals surface area contributed by atoms with Crippen molar-refractivity contribution in [2.45, 2.75) is 12.7 Å². The molecule has 0 spiro atoms. The summed E-state index contributed by atoms with van der Waals surface area (Å²) in [5, 5.41) is 5.61. The van der Waals surface area contributed by atoms with Gasteiger partial charge in [-0.3, -0.25) is 9.59 Å². The molecule has 21 heavy (non-hydrogen) atoms. The van der Waals surface area contributed by atoms with Gasteiger partial charge in [0, 0.05) is 6.54 Å². The second kappa shape index (κ2) is 7.27. The highest BCUT2D eigenvalue weighted by molar-refractivity contribution is 6.32. The number of nitrogens with zero attached hydrogens (tertiary/aromatic N) is 2. The minimum Gasteiger partial charge on any atom is -0.380 e. The van der Waals surface area contributed by atoms with Crippen molar-refractivity contribution in [1.29, 1.82) is 0 Å². The van der Waals surface area contributed by atoms with Crippen LogP contribution in [0.4, 0.5) is 18.9 Å². The van der Waals surface area contributed by atoms with Crippen molar-refractivity contribution in [3.05, 3.63) is 21.6 Å². The molecular weight excluding hydrogens is 317 g/mol. The summed E-state index contributed by atoms with van der Waals surface area (Å²) in [6.07, 6.45) is -3.57. The molecule has 1 heterocycles. The number of anilines is 1. The van der Waals surface area contributed by atoms with Crippen LogP contribution in [-0.4, -0.2) is 41.6 Å². The number of nitrogens with one attached hydrogen (secondary N) is 1. The third-order valence-corrected chi connectivity index (χ3v) is 2.49. The fourth-order valence-electron chi connectivity index (χ4n) is 1.30. The molecule has 0 radical (unpaired) electrons. The second-order valence-corrected chi connectivity index (χ2v) is 4.27. The molecule has 0 atom stereocenters. The van der Waals surface area contributed by atoms with Crippen molar-refractivity contribution in [3.8, 4) is 0 Å². The Bertz CT molecular complexity index is 561. The van der Waals surface area contributed by atoms with Crippen LogP contribution in [0.15, 0.2) is 11.0 Å². The van der Waals surface area contributed by atoms with E-state index in [2.05, 4.69) is 10.4 Å². The van der Waals surface area contributed by atoms with E-state index in [1.54, 1.807) is 0 Å². The molecular formula is C10H12ClF3N4O3. The number of ether oxygens (including phenoxy) is 1. The molecule has 1 amide bonds. The molecule has 0 bridgehead atoms. The molecule has 0 fully saturated rings. The van der Waals surface area contributed by atoms with E-state index in [4.69, 9.17) is 22.1 Å². The molecule has 0 saturated carbocycles. The number of rotatable bonds is 7. The zero-order valence-corrected chi connectivity index (χ0v) is 11.4. The normalized spacial score (nSPS) is 11.4. The van der Waals surface area contributed by atoms with Crippen molar-refractivity contribution in [2.75, 3.05) is 25.1 Å². The largest absolute Gasteiger partial charge is 0.408 e. The van der Waals surface area contributed by atoms with Gasteiger partial charge in [-0.2, -0.15) is 18.3 Å². The molecule has 0 saturated heterocycles. The Morgan fingerprint density at radius 1 is 1.52 bits per heavy atom. The fourth-order valence-corrected chi connectivity index (χ4v) is 1.51. The Morgan fingerprint density at radius 2 is 2.19 bits per heavy atom. The van der Waals surface area contributed by atoms with Crippen LogP contribution in [0.5, 0.6) is 0 Å². The molecule has 118 valence electrons. The SMILES string of the molecule is NC(=O)COCCNc1cnn(CC(F)(F)F)c(=O)c1Cl. The van der Waals surface area contributed by atoms with Crippen molar-refractivity contribution in [1.82, 2.24) is 9.78 Å². The zero-order valence-electron chi connectivity index (χ0n) is 10.6. The van der Waals surface area contributed by atoms with Gasteiger partial charge in [-0.05, 0) is 0 Å². The van der Waals surface area contributed by atoms with Crippen LogP contribution in [0.2, 0.25) is 5.02 Å². The van der Waals surface area contributed by atoms with Gasteiger partial charge >= 0.3 is 6.18 Å². The number of amides is 1. The van der Waals surface area contributed by atoms with E-state index >= 15 is 0 Å². The molecule has 1 aromatic heterocycles. The van der Waals surface area contributed by atoms with E-state index in [0.29, 0.717) is 0 Å². The standard InChI is InChI=1S/C10H12ClF3N4O3/c11-8-6(16-1-2-21-4-7(15)19)3-17-18(9(8)20)5-10(12,13)14/h3,16H,1-2,4-5H2,(H2,15,19). The highest BCUT2D eigenvalue weighted by Crippen LogP contribution is 2.18. The average Bonchev–Trinajstić information content (AvgIpc) is 2.35. The van der Waals surface area contributed by atoms with Crippen LogP contribution in [0.1, 0.15) is 0 Å². The molecule has 0 aliphatic rings. The Hall–Kier alpha value is -1.81. The quantitative estimate of drug-likeness (QED) is 0.705. The van der Waals surface area contributed by atoms with Gasteiger partial charge in [0.1, 0.15) is 18.2 Å². The predicted molar refractivity (Wildman–Crippen MR) is 68.1 cm³/mol. The molecule has 0 aliphatic carbocycles. The predicted octanol–water partition coefficient (Wildman–Crippen LogP) is 0.373. The lowest BCUT2D eigenvalue weighted by Gasteiger charge is -2.11. The number of nitrogens with two attached hydrogens (primary N) is 1. The van der Waals surface area contributed by atoms with E-state index in [1.165, 1.54) is 0 Å². The Morgan fingerprint density at radius 3 is 2.76 bits per heavy atom. The smallest absolute Gasteiger partial charge is 0.380 e. The summed E-state index contributed by atoms with van der Waals surface area (Å²) in [6.45, 7) is -1.53. The van der Waals surface area contributed by atoms with Gasteiger partial charge in [0.05, 0.1) is 18.5 Å². The maximum Gasteiger partial charge on any atom is 0.408 e. The molecule has 3 N–H and O–H groups in total. The lowest BCUT2D eigenvalue weighted by Crippen LogP contribution is -2.31. The van der Waals surface area contributed by atoms with E-state index in [9.17, 15) is 22.8 Å². The number of halogens is 4. The average molecular weight is 329 g/mol. The van der Waals surface area contributed by atoms with Gasteiger partial charge in [-0.15, -0.1) is 0 Å². The first kappa shape index (κ1) is 17.2. The maximum absolute atomic E-state index is 12.2. The molecule has 1 aromatic rings. The number of alkyl halides is 3. The maximum atomic E-state index is 12.2. The summed E-state index contributed by atoms with van der Waals surface area (Å²) in [6, 6.07) is 0. The Labute approximate surface area is 121 Å². The molecule has 0 aromatic carbocycles. The first-order valence-electron chi connectivity index (χ1n) is 5.63. The van der Waals surface area contributed by atoms with Crippen LogP contribution in [0.25, 0.3) is 0 Å². The zero-order chi connectivity index (χ0) is 16.0. The number of aromatic nitrogens is 2. The van der Waals surface area contributed by atoms with Crippen molar-refractivity contribution in [2.24, 2.45) is 5.73 Å². The van der Waals surface area contributed by atoms with Gasteiger partial charge in [0.2, 0.25) is 5.91 Å². The van der Waals surface area contributed by atoms with Gasteiger partial charge < -0.3 is 15.8 Å². The van der Waals surface area contributed by atoms with Crippen molar-refractivity contribution < 1.29 is 22.7 Å². The number of primary amides is 1. The van der Waals surface area contributed by atoms with Crippen LogP contribution in [-0.2, 0) is 16.1 Å². The first-order valence-corrected chi connectivity index (χ1v) is 6.01. The van der Waals surface area contributed by atoms with Crippen molar-refractivity contribution >= 4 is 23.2 Å². The summed E-state index contributed by atoms with van der Waals surface area (Å²) >= 11 is 5.67. The van der Waals surface area contributed by atoms with Crippen LogP contribution in [0.3, 0.4) is 0 Å². The van der Waals surface area contributed by atoms with Crippen molar-refractivity contribution in [3.63, 3.8) is 0 Å². The first-order chi connectivity index (χ1) is 9.70. The van der Waals surface area contributed by atoms with Crippen LogP contribution < -0.4 is 16.6 Å². The number of hydrogen-bond donors (Lipinski definition) is 2. The van der Waals surface area contributed by atoms with Gasteiger partial charge in [-0.1, -0.05) is 11.6 Å². The fraction of sp³-hybridized carbons (Fsp3) is 0.500. The van der Waals surface area contributed by atoms with E-state index in [-0.39, 0.29) is 30.1 Å². The molecule has 1 rings (SSSR count). The number of carbonyl (C=O) groups is 1.